The van der Waals surface area contributed by atoms with E-state index in [1.54, 1.807) is 37.6 Å². The van der Waals surface area contributed by atoms with Gasteiger partial charge in [0.05, 0.1) is 18.2 Å². The van der Waals surface area contributed by atoms with Crippen LogP contribution in [0, 0.1) is 11.3 Å². The molecular formula is C19H16N2O4. The fraction of sp³-hybridized carbons (Fsp3) is 0.158. The van der Waals surface area contributed by atoms with E-state index in [2.05, 4.69) is 6.07 Å². The number of esters is 1. The van der Waals surface area contributed by atoms with Crippen molar-refractivity contribution in [1.82, 2.24) is 4.40 Å². The van der Waals surface area contributed by atoms with Crippen molar-refractivity contribution in [3.8, 4) is 17.6 Å². The standard InChI is InChI=1S/C19H16N2O4/c1-23-15-5-7-16(8-6-15)24-13-19(22)25-12-14-11-21-9-3-2-4-18(21)17(14)10-20/h2-9,11H,12-13H2,1H3. The van der Waals surface area contributed by atoms with E-state index in [4.69, 9.17) is 14.2 Å². The maximum atomic E-state index is 11.9. The Bertz CT molecular complexity index is 923. The highest BCUT2D eigenvalue weighted by Gasteiger charge is 2.12. The summed E-state index contributed by atoms with van der Waals surface area (Å²) < 4.78 is 17.5. The summed E-state index contributed by atoms with van der Waals surface area (Å²) in [5.74, 6) is 0.750. The van der Waals surface area contributed by atoms with Gasteiger partial charge in [0.15, 0.2) is 6.61 Å². The van der Waals surface area contributed by atoms with Crippen LogP contribution < -0.4 is 9.47 Å². The van der Waals surface area contributed by atoms with Crippen molar-refractivity contribution in [2.24, 2.45) is 0 Å². The number of hydrogen-bond donors (Lipinski definition) is 0. The molecule has 6 nitrogen and oxygen atoms in total. The Kier molecular flexibility index (Phi) is 4.86. The van der Waals surface area contributed by atoms with Crippen molar-refractivity contribution in [2.75, 3.05) is 13.7 Å². The van der Waals surface area contributed by atoms with Crippen LogP contribution in [0.2, 0.25) is 0 Å². The molecule has 0 spiro atoms. The van der Waals surface area contributed by atoms with Gasteiger partial charge >= 0.3 is 5.97 Å². The molecule has 0 unspecified atom stereocenters. The first kappa shape index (κ1) is 16.4. The Balaban J connectivity index is 1.58. The molecule has 0 atom stereocenters. The Labute approximate surface area is 144 Å². The molecule has 0 amide bonds. The normalized spacial score (nSPS) is 10.2. The van der Waals surface area contributed by atoms with E-state index < -0.39 is 5.97 Å². The predicted molar refractivity (Wildman–Crippen MR) is 90.4 cm³/mol. The Morgan fingerprint density at radius 3 is 2.64 bits per heavy atom. The lowest BCUT2D eigenvalue weighted by molar-refractivity contribution is -0.147. The molecule has 2 aromatic heterocycles. The number of methoxy groups -OCH3 is 1. The molecule has 25 heavy (non-hydrogen) atoms. The average molecular weight is 336 g/mol. The molecule has 1 aromatic carbocycles. The number of rotatable bonds is 6. The lowest BCUT2D eigenvalue weighted by atomic mass is 10.2. The van der Waals surface area contributed by atoms with Crippen molar-refractivity contribution < 1.29 is 19.0 Å². The SMILES string of the molecule is COc1ccc(OCC(=O)OCc2cn3ccccc3c2C#N)cc1. The van der Waals surface area contributed by atoms with Crippen LogP contribution >= 0.6 is 0 Å². The number of carbonyl (C=O) groups is 1. The van der Waals surface area contributed by atoms with Crippen LogP contribution in [0.1, 0.15) is 11.1 Å². The maximum absolute atomic E-state index is 11.9. The van der Waals surface area contributed by atoms with Gasteiger partial charge in [-0.15, -0.1) is 0 Å². The van der Waals surface area contributed by atoms with Crippen LogP contribution in [-0.2, 0) is 16.1 Å². The van der Waals surface area contributed by atoms with Gasteiger partial charge in [-0.05, 0) is 36.4 Å². The Hall–Kier alpha value is -3.46. The minimum absolute atomic E-state index is 0.0232. The van der Waals surface area contributed by atoms with E-state index in [1.165, 1.54) is 0 Å². The summed E-state index contributed by atoms with van der Waals surface area (Å²) in [6.07, 6.45) is 3.62. The van der Waals surface area contributed by atoms with Gasteiger partial charge in [-0.1, -0.05) is 6.07 Å². The smallest absolute Gasteiger partial charge is 0.344 e. The summed E-state index contributed by atoms with van der Waals surface area (Å²) in [7, 11) is 1.58. The summed E-state index contributed by atoms with van der Waals surface area (Å²) in [6.45, 7) is -0.184. The number of hydrogen-bond acceptors (Lipinski definition) is 5. The van der Waals surface area contributed by atoms with E-state index >= 15 is 0 Å². The average Bonchev–Trinajstić information content (AvgIpc) is 3.02. The van der Waals surface area contributed by atoms with Crippen LogP contribution in [0.4, 0.5) is 0 Å². The first-order chi connectivity index (χ1) is 12.2. The number of benzene rings is 1. The zero-order valence-corrected chi connectivity index (χ0v) is 13.6. The second kappa shape index (κ2) is 7.41. The number of nitriles is 1. The first-order valence-corrected chi connectivity index (χ1v) is 7.62. The highest BCUT2D eigenvalue weighted by atomic mass is 16.6. The molecule has 0 bridgehead atoms. The van der Waals surface area contributed by atoms with Gasteiger partial charge in [-0.2, -0.15) is 5.26 Å². The summed E-state index contributed by atoms with van der Waals surface area (Å²) in [6, 6.07) is 14.6. The van der Waals surface area contributed by atoms with Gasteiger partial charge in [0.25, 0.3) is 0 Å². The molecule has 0 saturated heterocycles. The summed E-state index contributed by atoms with van der Waals surface area (Å²) >= 11 is 0. The molecule has 3 rings (SSSR count). The maximum Gasteiger partial charge on any atom is 0.344 e. The van der Waals surface area contributed by atoms with Gasteiger partial charge in [0.2, 0.25) is 0 Å². The minimum atomic E-state index is -0.505. The van der Waals surface area contributed by atoms with Gasteiger partial charge in [0, 0.05) is 18.0 Å². The predicted octanol–water partition coefficient (Wildman–Crippen LogP) is 2.94. The quantitative estimate of drug-likeness (QED) is 0.647. The number of carbonyl (C=O) groups excluding carboxylic acids is 1. The highest BCUT2D eigenvalue weighted by Crippen LogP contribution is 2.19. The molecule has 126 valence electrons. The van der Waals surface area contributed by atoms with Crippen molar-refractivity contribution >= 4 is 11.5 Å². The van der Waals surface area contributed by atoms with Gasteiger partial charge in [0.1, 0.15) is 24.2 Å². The molecule has 0 saturated carbocycles. The van der Waals surface area contributed by atoms with Gasteiger partial charge in [-0.3, -0.25) is 0 Å². The van der Waals surface area contributed by atoms with E-state index in [0.717, 1.165) is 5.52 Å². The minimum Gasteiger partial charge on any atom is -0.497 e. The van der Waals surface area contributed by atoms with Crippen molar-refractivity contribution in [2.45, 2.75) is 6.61 Å². The lowest BCUT2D eigenvalue weighted by Gasteiger charge is -2.07. The number of pyridine rings is 1. The second-order valence-corrected chi connectivity index (χ2v) is 5.26. The monoisotopic (exact) mass is 336 g/mol. The van der Waals surface area contributed by atoms with E-state index in [9.17, 15) is 10.1 Å². The zero-order valence-electron chi connectivity index (χ0n) is 13.6. The summed E-state index contributed by atoms with van der Waals surface area (Å²) in [4.78, 5) is 11.9. The summed E-state index contributed by atoms with van der Waals surface area (Å²) in [5, 5.41) is 9.33. The fourth-order valence-electron chi connectivity index (χ4n) is 2.43. The number of nitrogens with zero attached hydrogens (tertiary/aromatic N) is 2. The zero-order chi connectivity index (χ0) is 17.6. The van der Waals surface area contributed by atoms with Crippen LogP contribution in [0.15, 0.2) is 54.9 Å². The molecule has 0 aliphatic heterocycles. The van der Waals surface area contributed by atoms with Crippen LogP contribution in [0.3, 0.4) is 0 Å². The molecular weight excluding hydrogens is 320 g/mol. The van der Waals surface area contributed by atoms with Gasteiger partial charge in [-0.25, -0.2) is 4.79 Å². The number of ether oxygens (including phenoxy) is 3. The molecule has 6 heteroatoms. The van der Waals surface area contributed by atoms with Gasteiger partial charge < -0.3 is 18.6 Å². The number of aromatic nitrogens is 1. The largest absolute Gasteiger partial charge is 0.497 e. The van der Waals surface area contributed by atoms with E-state index in [-0.39, 0.29) is 13.2 Å². The third kappa shape index (κ3) is 3.72. The van der Waals surface area contributed by atoms with E-state index in [0.29, 0.717) is 22.6 Å². The molecule has 3 aromatic rings. The lowest BCUT2D eigenvalue weighted by Crippen LogP contribution is -2.14. The third-order valence-electron chi connectivity index (χ3n) is 3.68. The Morgan fingerprint density at radius 2 is 1.92 bits per heavy atom. The Morgan fingerprint density at radius 1 is 1.16 bits per heavy atom. The van der Waals surface area contributed by atoms with Crippen LogP contribution in [-0.4, -0.2) is 24.1 Å². The van der Waals surface area contributed by atoms with Crippen molar-refractivity contribution in [3.63, 3.8) is 0 Å². The third-order valence-corrected chi connectivity index (χ3v) is 3.68. The molecule has 0 aliphatic carbocycles. The first-order valence-electron chi connectivity index (χ1n) is 7.62. The summed E-state index contributed by atoms with van der Waals surface area (Å²) in [5.41, 5.74) is 1.95. The van der Waals surface area contributed by atoms with Crippen LogP contribution in [0.5, 0.6) is 11.5 Å². The second-order valence-electron chi connectivity index (χ2n) is 5.26. The molecule has 0 radical (unpaired) electrons. The molecule has 0 N–H and O–H groups in total. The topological polar surface area (TPSA) is 73.0 Å². The van der Waals surface area contributed by atoms with Crippen molar-refractivity contribution in [1.29, 1.82) is 5.26 Å². The molecule has 2 heterocycles. The molecule has 0 fully saturated rings. The van der Waals surface area contributed by atoms with Crippen molar-refractivity contribution in [3.05, 3.63) is 66.0 Å². The van der Waals surface area contributed by atoms with Crippen LogP contribution in [0.25, 0.3) is 5.52 Å². The number of fused-ring (bicyclic) bond motifs is 1. The van der Waals surface area contributed by atoms with E-state index in [1.807, 2.05) is 28.8 Å². The molecule has 0 aliphatic rings. The fourth-order valence-corrected chi connectivity index (χ4v) is 2.43. The highest BCUT2D eigenvalue weighted by molar-refractivity contribution is 5.71.